The van der Waals surface area contributed by atoms with E-state index in [1.165, 1.54) is 24.3 Å². The number of nitrogens with zero attached hydrogens (tertiary/aromatic N) is 2. The maximum atomic E-state index is 13.5. The first-order valence-electron chi connectivity index (χ1n) is 13.3. The summed E-state index contributed by atoms with van der Waals surface area (Å²) in [5, 5.41) is 8.73. The van der Waals surface area contributed by atoms with E-state index in [-0.39, 0.29) is 23.1 Å². The van der Waals surface area contributed by atoms with Gasteiger partial charge in [-0.2, -0.15) is 5.10 Å². The molecule has 0 aliphatic carbocycles. The van der Waals surface area contributed by atoms with Crippen LogP contribution >= 0.6 is 0 Å². The fraction of sp³-hybridized carbons (Fsp3) is 0.355. The first-order valence-corrected chi connectivity index (χ1v) is 13.3. The van der Waals surface area contributed by atoms with E-state index in [0.29, 0.717) is 11.3 Å². The second-order valence-corrected chi connectivity index (χ2v) is 10.2. The molecule has 5 rings (SSSR count). The Hall–Kier alpha value is -3.38. The average molecular weight is 502 g/mol. The van der Waals surface area contributed by atoms with Crippen LogP contribution in [-0.2, 0) is 6.42 Å². The van der Waals surface area contributed by atoms with E-state index in [4.69, 9.17) is 0 Å². The number of hydrogen-bond acceptors (Lipinski definition) is 3. The van der Waals surface area contributed by atoms with E-state index in [9.17, 15) is 13.6 Å². The standard InChI is InChI=1S/C31H33F2N3O/c32-25-13-9-23(10-14-25)27(24-11-15-26(33)16-12-24)8-4-19-36-18-3-5-22(17-20-36)21-30-28-6-1-2-7-29(28)31(37)35-34-30/h1-2,6-7,9-16,22,27H,3-5,8,17-21H2,(H,35,37). The molecule has 0 radical (unpaired) electrons. The molecule has 0 spiro atoms. The van der Waals surface area contributed by atoms with Crippen molar-refractivity contribution in [2.45, 2.75) is 44.4 Å². The molecule has 4 nitrogen and oxygen atoms in total. The lowest BCUT2D eigenvalue weighted by atomic mass is 9.87. The number of rotatable bonds is 8. The molecule has 1 atom stereocenters. The zero-order valence-electron chi connectivity index (χ0n) is 21.0. The minimum Gasteiger partial charge on any atom is -0.303 e. The summed E-state index contributed by atoms with van der Waals surface area (Å²) in [4.78, 5) is 14.7. The summed E-state index contributed by atoms with van der Waals surface area (Å²) in [5.41, 5.74) is 2.97. The summed E-state index contributed by atoms with van der Waals surface area (Å²) in [6, 6.07) is 21.1. The van der Waals surface area contributed by atoms with Gasteiger partial charge in [-0.05, 0) is 106 Å². The lowest BCUT2D eigenvalue weighted by Gasteiger charge is -2.23. The van der Waals surface area contributed by atoms with Crippen molar-refractivity contribution in [3.63, 3.8) is 0 Å². The van der Waals surface area contributed by atoms with Gasteiger partial charge < -0.3 is 4.90 Å². The van der Waals surface area contributed by atoms with E-state index in [1.54, 1.807) is 0 Å². The van der Waals surface area contributed by atoms with Crippen molar-refractivity contribution in [1.29, 1.82) is 0 Å². The summed E-state index contributed by atoms with van der Waals surface area (Å²) in [6.07, 6.45) is 6.21. The molecule has 1 aromatic heterocycles. The van der Waals surface area contributed by atoms with Crippen molar-refractivity contribution in [2.24, 2.45) is 5.92 Å². The molecule has 0 amide bonds. The Bertz CT molecular complexity index is 1320. The van der Waals surface area contributed by atoms with Crippen LogP contribution in [0.2, 0.25) is 0 Å². The van der Waals surface area contributed by atoms with Gasteiger partial charge in [-0.3, -0.25) is 4.79 Å². The molecule has 1 aliphatic heterocycles. The molecule has 6 heteroatoms. The first kappa shape index (κ1) is 25.3. The number of benzene rings is 3. The molecule has 0 saturated carbocycles. The molecule has 2 heterocycles. The second kappa shape index (κ2) is 11.8. The van der Waals surface area contributed by atoms with Gasteiger partial charge in [0, 0.05) is 11.3 Å². The fourth-order valence-electron chi connectivity index (χ4n) is 5.69. The number of H-pyrrole nitrogens is 1. The van der Waals surface area contributed by atoms with Crippen molar-refractivity contribution in [2.75, 3.05) is 19.6 Å². The fourth-order valence-corrected chi connectivity index (χ4v) is 5.69. The molecule has 1 aliphatic rings. The van der Waals surface area contributed by atoms with Gasteiger partial charge in [0.15, 0.2) is 0 Å². The highest BCUT2D eigenvalue weighted by Gasteiger charge is 2.20. The van der Waals surface area contributed by atoms with Crippen LogP contribution in [-0.4, -0.2) is 34.7 Å². The topological polar surface area (TPSA) is 49.0 Å². The van der Waals surface area contributed by atoms with E-state index in [0.717, 1.165) is 80.4 Å². The molecule has 1 unspecified atom stereocenters. The Labute approximate surface area is 216 Å². The molecule has 1 saturated heterocycles. The zero-order valence-corrected chi connectivity index (χ0v) is 21.0. The van der Waals surface area contributed by atoms with Gasteiger partial charge in [0.1, 0.15) is 11.6 Å². The number of hydrogen-bond donors (Lipinski definition) is 1. The summed E-state index contributed by atoms with van der Waals surface area (Å²) >= 11 is 0. The zero-order chi connectivity index (χ0) is 25.6. The molecule has 37 heavy (non-hydrogen) atoms. The summed E-state index contributed by atoms with van der Waals surface area (Å²) in [7, 11) is 0. The molecule has 192 valence electrons. The summed E-state index contributed by atoms with van der Waals surface area (Å²) < 4.78 is 27.1. The van der Waals surface area contributed by atoms with Gasteiger partial charge >= 0.3 is 0 Å². The van der Waals surface area contributed by atoms with Crippen LogP contribution in [0.15, 0.2) is 77.6 Å². The molecule has 1 N–H and O–H groups in total. The average Bonchev–Trinajstić information content (AvgIpc) is 3.15. The SMILES string of the molecule is O=c1[nH]nc(CC2CCCN(CCCC(c3ccc(F)cc3)c3ccc(F)cc3)CC2)c2ccccc12. The highest BCUT2D eigenvalue weighted by Crippen LogP contribution is 2.30. The molecular formula is C31H33F2N3O. The van der Waals surface area contributed by atoms with E-state index in [1.807, 2.05) is 48.5 Å². The number of likely N-dealkylation sites (tertiary alicyclic amines) is 1. The Morgan fingerprint density at radius 3 is 2.19 bits per heavy atom. The van der Waals surface area contributed by atoms with Crippen molar-refractivity contribution in [1.82, 2.24) is 15.1 Å². The maximum absolute atomic E-state index is 13.5. The van der Waals surface area contributed by atoms with Crippen LogP contribution < -0.4 is 5.56 Å². The van der Waals surface area contributed by atoms with Gasteiger partial charge in [0.05, 0.1) is 11.1 Å². The molecule has 4 aromatic rings. The number of nitrogens with one attached hydrogen (secondary N) is 1. The van der Waals surface area contributed by atoms with Crippen LogP contribution in [0.1, 0.15) is 54.8 Å². The largest absolute Gasteiger partial charge is 0.303 e. The number of fused-ring (bicyclic) bond motifs is 1. The predicted octanol–water partition coefficient (Wildman–Crippen LogP) is 6.46. The van der Waals surface area contributed by atoms with Crippen molar-refractivity contribution in [3.05, 3.63) is 112 Å². The Morgan fingerprint density at radius 2 is 1.51 bits per heavy atom. The normalized spacial score (nSPS) is 16.8. The van der Waals surface area contributed by atoms with Gasteiger partial charge in [0.25, 0.3) is 5.56 Å². The Kier molecular flexibility index (Phi) is 8.05. The third kappa shape index (κ3) is 6.31. The second-order valence-electron chi connectivity index (χ2n) is 10.2. The van der Waals surface area contributed by atoms with Crippen LogP contribution in [0, 0.1) is 17.6 Å². The van der Waals surface area contributed by atoms with Gasteiger partial charge in [0.2, 0.25) is 0 Å². The Morgan fingerprint density at radius 1 is 0.865 bits per heavy atom. The third-order valence-corrected chi connectivity index (χ3v) is 7.71. The number of aromatic nitrogens is 2. The Balaban J connectivity index is 1.19. The van der Waals surface area contributed by atoms with Crippen LogP contribution in [0.25, 0.3) is 10.8 Å². The minimum absolute atomic E-state index is 0.112. The minimum atomic E-state index is -0.245. The van der Waals surface area contributed by atoms with E-state index in [2.05, 4.69) is 15.1 Å². The number of aromatic amines is 1. The molecule has 0 bridgehead atoms. The van der Waals surface area contributed by atoms with Crippen LogP contribution in [0.3, 0.4) is 0 Å². The maximum Gasteiger partial charge on any atom is 0.272 e. The van der Waals surface area contributed by atoms with Crippen molar-refractivity contribution >= 4 is 10.8 Å². The summed E-state index contributed by atoms with van der Waals surface area (Å²) in [6.45, 7) is 3.13. The van der Waals surface area contributed by atoms with Gasteiger partial charge in [-0.25, -0.2) is 13.9 Å². The molecule has 1 fully saturated rings. The van der Waals surface area contributed by atoms with Gasteiger partial charge in [-0.15, -0.1) is 0 Å². The lowest BCUT2D eigenvalue weighted by Crippen LogP contribution is -2.26. The lowest BCUT2D eigenvalue weighted by molar-refractivity contribution is 0.273. The van der Waals surface area contributed by atoms with E-state index >= 15 is 0 Å². The van der Waals surface area contributed by atoms with E-state index < -0.39 is 0 Å². The predicted molar refractivity (Wildman–Crippen MR) is 144 cm³/mol. The molecular weight excluding hydrogens is 468 g/mol. The highest BCUT2D eigenvalue weighted by molar-refractivity contribution is 5.83. The van der Waals surface area contributed by atoms with Crippen LogP contribution in [0.4, 0.5) is 8.78 Å². The monoisotopic (exact) mass is 501 g/mol. The van der Waals surface area contributed by atoms with Crippen molar-refractivity contribution in [3.8, 4) is 0 Å². The number of halogens is 2. The highest BCUT2D eigenvalue weighted by atomic mass is 19.1. The van der Waals surface area contributed by atoms with Gasteiger partial charge in [-0.1, -0.05) is 42.5 Å². The third-order valence-electron chi connectivity index (χ3n) is 7.71. The summed E-state index contributed by atoms with van der Waals surface area (Å²) in [5.74, 6) is 0.162. The molecule has 3 aromatic carbocycles. The smallest absolute Gasteiger partial charge is 0.272 e. The first-order chi connectivity index (χ1) is 18.1. The van der Waals surface area contributed by atoms with Crippen molar-refractivity contribution < 1.29 is 8.78 Å². The quantitative estimate of drug-likeness (QED) is 0.302. The van der Waals surface area contributed by atoms with Crippen LogP contribution in [0.5, 0.6) is 0 Å².